The molecular weight excluding hydrogens is 649 g/mol. The maximum absolute atomic E-state index is 11.6. The number of carbonyl (C=O) groups excluding carboxylic acids is 3. The van der Waals surface area contributed by atoms with Gasteiger partial charge in [0.2, 0.25) is 5.24 Å². The number of oxazole rings is 2. The van der Waals surface area contributed by atoms with Gasteiger partial charge in [-0.2, -0.15) is 0 Å². The molecule has 0 radical (unpaired) electrons. The number of carbonyl (C=O) groups is 4. The number of anilines is 1. The molecule has 14 nitrogen and oxygen atoms in total. The summed E-state index contributed by atoms with van der Waals surface area (Å²) < 4.78 is 20.2. The van der Waals surface area contributed by atoms with E-state index in [0.29, 0.717) is 46.2 Å². The largest absolute Gasteiger partial charge is 1.00 e. The molecule has 0 atom stereocenters. The van der Waals surface area contributed by atoms with Crippen LogP contribution in [0.15, 0.2) is 63.4 Å². The van der Waals surface area contributed by atoms with E-state index in [-0.39, 0.29) is 75.4 Å². The molecule has 0 aliphatic carbocycles. The van der Waals surface area contributed by atoms with Crippen LogP contribution >= 0.6 is 11.6 Å². The summed E-state index contributed by atoms with van der Waals surface area (Å²) in [6.07, 6.45) is 0. The Balaban J connectivity index is 0.000000627. The number of aromatic hydroxyl groups is 1. The molecule has 0 aliphatic rings. The van der Waals surface area contributed by atoms with Crippen molar-refractivity contribution < 1.29 is 82.7 Å². The third kappa shape index (κ3) is 12.7. The molecular formula is C31H33ClN3NaO11. The molecule has 0 bridgehead atoms. The molecule has 3 aromatic carbocycles. The summed E-state index contributed by atoms with van der Waals surface area (Å²) in [5, 5.41) is 17.6. The van der Waals surface area contributed by atoms with Crippen LogP contribution in [0.3, 0.4) is 0 Å². The first-order valence-electron chi connectivity index (χ1n) is 13.3. The number of aromatic carboxylic acids is 1. The smallest absolute Gasteiger partial charge is 0.870 e. The number of nitrogen functional groups attached to an aromatic ring is 1. The Labute approximate surface area is 296 Å². The predicted octanol–water partition coefficient (Wildman–Crippen LogP) is 2.90. The van der Waals surface area contributed by atoms with Gasteiger partial charge in [-0.1, -0.05) is 18.2 Å². The van der Waals surface area contributed by atoms with Gasteiger partial charge < -0.3 is 39.7 Å². The molecule has 47 heavy (non-hydrogen) atoms. The first-order valence-corrected chi connectivity index (χ1v) is 13.7. The number of nitrogens with zero attached hydrogens (tertiary/aromatic N) is 2. The number of esters is 2. The minimum Gasteiger partial charge on any atom is -0.870 e. The monoisotopic (exact) mass is 681 g/mol. The van der Waals surface area contributed by atoms with Crippen molar-refractivity contribution in [2.24, 2.45) is 0 Å². The number of phenols is 1. The molecule has 5 rings (SSSR count). The fourth-order valence-electron chi connectivity index (χ4n) is 3.60. The summed E-state index contributed by atoms with van der Waals surface area (Å²) in [6, 6.07) is 14.5. The Morgan fingerprint density at radius 3 is 1.62 bits per heavy atom. The Morgan fingerprint density at radius 2 is 1.17 bits per heavy atom. The molecule has 16 heteroatoms. The molecule has 0 amide bonds. The van der Waals surface area contributed by atoms with Crippen LogP contribution in [0.2, 0.25) is 0 Å². The number of aromatic nitrogens is 2. The summed E-state index contributed by atoms with van der Waals surface area (Å²) in [5.41, 5.74) is 8.43. The Hall–Kier alpha value is -4.47. The van der Waals surface area contributed by atoms with Gasteiger partial charge in [-0.05, 0) is 61.8 Å². The minimum atomic E-state index is -0.987. The maximum Gasteiger partial charge on any atom is 1.00 e. The Bertz CT molecular complexity index is 1800. The second-order valence-electron chi connectivity index (χ2n) is 8.73. The Kier molecular flexibility index (Phi) is 18.7. The average Bonchev–Trinajstić information content (AvgIpc) is 3.55. The number of benzene rings is 3. The molecule has 2 heterocycles. The first-order chi connectivity index (χ1) is 21.3. The Morgan fingerprint density at radius 1 is 0.787 bits per heavy atom. The molecule has 0 saturated heterocycles. The summed E-state index contributed by atoms with van der Waals surface area (Å²) in [6.45, 7) is 8.84. The van der Waals surface area contributed by atoms with Gasteiger partial charge in [-0.3, -0.25) is 4.79 Å². The van der Waals surface area contributed by atoms with Crippen LogP contribution in [0.1, 0.15) is 63.6 Å². The van der Waals surface area contributed by atoms with Crippen LogP contribution in [-0.4, -0.2) is 62.0 Å². The van der Waals surface area contributed by atoms with Crippen LogP contribution in [0.4, 0.5) is 5.69 Å². The molecule has 0 spiro atoms. The molecule has 0 unspecified atom stereocenters. The van der Waals surface area contributed by atoms with Crippen LogP contribution in [0.5, 0.6) is 5.75 Å². The zero-order valence-electron chi connectivity index (χ0n) is 26.6. The fourth-order valence-corrected chi connectivity index (χ4v) is 3.60. The molecule has 5 aromatic rings. The molecule has 0 saturated carbocycles. The van der Waals surface area contributed by atoms with Gasteiger partial charge in [0.05, 0.1) is 35.6 Å². The van der Waals surface area contributed by atoms with Crippen LogP contribution < -0.4 is 35.3 Å². The number of hydrogen-bond donors (Lipinski definition) is 3. The summed E-state index contributed by atoms with van der Waals surface area (Å²) >= 11 is 4.64. The van der Waals surface area contributed by atoms with Crippen molar-refractivity contribution >= 4 is 62.6 Å². The second kappa shape index (κ2) is 20.6. The van der Waals surface area contributed by atoms with Crippen LogP contribution in [-0.2, 0) is 14.3 Å². The van der Waals surface area contributed by atoms with E-state index >= 15 is 0 Å². The number of phenolic OH excluding ortho intramolecular Hbond substituents is 1. The number of halogens is 1. The van der Waals surface area contributed by atoms with E-state index in [1.54, 1.807) is 58.0 Å². The van der Waals surface area contributed by atoms with Gasteiger partial charge in [0, 0.05) is 20.8 Å². The molecule has 2 aromatic heterocycles. The molecule has 0 aliphatic heterocycles. The van der Waals surface area contributed by atoms with Crippen LogP contribution in [0, 0.1) is 13.8 Å². The number of para-hydroxylation sites is 3. The third-order valence-corrected chi connectivity index (χ3v) is 5.36. The van der Waals surface area contributed by atoms with Crippen molar-refractivity contribution in [1.82, 2.24) is 9.97 Å². The van der Waals surface area contributed by atoms with Gasteiger partial charge in [-0.25, -0.2) is 24.4 Å². The van der Waals surface area contributed by atoms with Gasteiger partial charge in [0.1, 0.15) is 16.8 Å². The number of hydrogen-bond acceptors (Lipinski definition) is 13. The predicted molar refractivity (Wildman–Crippen MR) is 167 cm³/mol. The molecule has 0 fully saturated rings. The molecule has 5 N–H and O–H groups in total. The summed E-state index contributed by atoms with van der Waals surface area (Å²) in [5.74, 6) is -0.956. The topological polar surface area (TPSA) is 235 Å². The van der Waals surface area contributed by atoms with Gasteiger partial charge in [0.15, 0.2) is 22.9 Å². The van der Waals surface area contributed by atoms with Crippen molar-refractivity contribution in [2.75, 3.05) is 18.9 Å². The van der Waals surface area contributed by atoms with E-state index in [2.05, 4.69) is 21.6 Å². The van der Waals surface area contributed by atoms with Crippen molar-refractivity contribution in [3.05, 3.63) is 83.1 Å². The second-order valence-corrected chi connectivity index (χ2v) is 9.26. The van der Waals surface area contributed by atoms with E-state index in [4.69, 9.17) is 29.1 Å². The summed E-state index contributed by atoms with van der Waals surface area (Å²) in [7, 11) is 0. The normalized spacial score (nSPS) is 9.49. The van der Waals surface area contributed by atoms with Crippen molar-refractivity contribution in [2.45, 2.75) is 34.6 Å². The number of aryl methyl sites for hydroxylation is 2. The molecule has 246 valence electrons. The number of carboxylic acids is 1. The standard InChI is InChI=1S/C11H11NO3.C9H7NO3.C9H11NO3.C2H3ClO.Na.H2O/c1-3-14-11(13)8-5-4-6-9-10(8)12-7(2)15-9;1-5-10-8-6(9(11)12)3-2-4-7(8)13-5;1-2-13-9(12)6-4-3-5-7(11)8(6)10;1-2(3)4;;/h4-6H,3H2,1-2H3;2-4H,1H3,(H,11,12);3-5,11H,2,10H2,1H3;1H3;;1H2/q;;;;+1;/p-1. The van der Waals surface area contributed by atoms with E-state index in [0.717, 1.165) is 0 Å². The van der Waals surface area contributed by atoms with E-state index < -0.39 is 11.9 Å². The van der Waals surface area contributed by atoms with Gasteiger partial charge >= 0.3 is 47.5 Å². The average molecular weight is 682 g/mol. The number of nitrogens with two attached hydrogens (primary N) is 1. The van der Waals surface area contributed by atoms with E-state index in [1.807, 2.05) is 0 Å². The number of rotatable bonds is 5. The van der Waals surface area contributed by atoms with Crippen molar-refractivity contribution in [1.29, 1.82) is 0 Å². The van der Waals surface area contributed by atoms with Crippen molar-refractivity contribution in [3.8, 4) is 5.75 Å². The minimum absolute atomic E-state index is 0. The fraction of sp³-hybridized carbons (Fsp3) is 0.226. The SMILES string of the molecule is CC(=O)Cl.CCOC(=O)c1cccc(O)c1N.CCOC(=O)c1cccc2oc(C)nc12.Cc1nc2c(C(=O)O)cccc2o1.[Na+].[OH-]. The van der Waals surface area contributed by atoms with Gasteiger partial charge in [-0.15, -0.1) is 0 Å². The van der Waals surface area contributed by atoms with E-state index in [9.17, 15) is 24.3 Å². The quantitative estimate of drug-likeness (QED) is 0.0795. The zero-order chi connectivity index (χ0) is 33.7. The van der Waals surface area contributed by atoms with Gasteiger partial charge in [0.25, 0.3) is 0 Å². The maximum atomic E-state index is 11.6. The number of fused-ring (bicyclic) bond motifs is 2. The van der Waals surface area contributed by atoms with Crippen LogP contribution in [0.25, 0.3) is 22.2 Å². The summed E-state index contributed by atoms with van der Waals surface area (Å²) in [4.78, 5) is 50.9. The first kappa shape index (κ1) is 42.5. The van der Waals surface area contributed by atoms with Crippen molar-refractivity contribution in [3.63, 3.8) is 0 Å². The number of carboxylic acid groups (broad SMARTS) is 1. The third-order valence-electron chi connectivity index (χ3n) is 5.36. The zero-order valence-corrected chi connectivity index (χ0v) is 29.3. The van der Waals surface area contributed by atoms with E-state index in [1.165, 1.54) is 31.2 Å². The number of ether oxygens (including phenoxy) is 2.